The molecule has 1 heterocycles. The van der Waals surface area contributed by atoms with E-state index in [0.29, 0.717) is 19.0 Å². The van der Waals surface area contributed by atoms with Crippen molar-refractivity contribution in [2.45, 2.75) is 58.6 Å². The van der Waals surface area contributed by atoms with Crippen LogP contribution >= 0.6 is 11.3 Å². The summed E-state index contributed by atoms with van der Waals surface area (Å²) in [5, 5.41) is 16.2. The van der Waals surface area contributed by atoms with E-state index in [2.05, 4.69) is 50.3 Å². The molecule has 0 aliphatic carbocycles. The van der Waals surface area contributed by atoms with Crippen molar-refractivity contribution in [1.82, 2.24) is 10.3 Å². The van der Waals surface area contributed by atoms with Crippen LogP contribution in [0.25, 0.3) is 0 Å². The van der Waals surface area contributed by atoms with E-state index < -0.39 is 0 Å². The third-order valence-electron chi connectivity index (χ3n) is 2.49. The van der Waals surface area contributed by atoms with E-state index in [-0.39, 0.29) is 11.5 Å². The number of aromatic nitrogens is 1. The van der Waals surface area contributed by atoms with Crippen LogP contribution < -0.4 is 5.32 Å². The highest BCUT2D eigenvalue weighted by molar-refractivity contribution is 7.09. The molecule has 3 nitrogen and oxygen atoms in total. The molecule has 0 aliphatic heterocycles. The number of rotatable bonds is 5. The predicted molar refractivity (Wildman–Crippen MR) is 73.7 cm³/mol. The second-order valence-electron chi connectivity index (χ2n) is 5.80. The Balaban J connectivity index is 2.49. The van der Waals surface area contributed by atoms with Crippen LogP contribution in [-0.4, -0.2) is 28.8 Å². The first-order valence-electron chi connectivity index (χ1n) is 6.15. The molecule has 0 saturated heterocycles. The van der Waals surface area contributed by atoms with E-state index in [1.165, 1.54) is 0 Å². The zero-order valence-electron chi connectivity index (χ0n) is 11.4. The molecular weight excluding hydrogens is 232 g/mol. The molecule has 0 bridgehead atoms. The summed E-state index contributed by atoms with van der Waals surface area (Å²) >= 11 is 1.64. The summed E-state index contributed by atoms with van der Waals surface area (Å²) in [6.07, 6.45) is 0.289. The maximum Gasteiger partial charge on any atom is 0.0954 e. The summed E-state index contributed by atoms with van der Waals surface area (Å²) in [4.78, 5) is 4.58. The molecule has 2 N–H and O–H groups in total. The molecule has 0 saturated carbocycles. The second-order valence-corrected chi connectivity index (χ2v) is 6.74. The normalized spacial score (nSPS) is 14.3. The number of aliphatic hydroxyl groups excluding tert-OH is 1. The van der Waals surface area contributed by atoms with Gasteiger partial charge in [0.1, 0.15) is 0 Å². The molecule has 0 spiro atoms. The number of hydrogen-bond donors (Lipinski definition) is 2. The molecule has 98 valence electrons. The number of aliphatic hydroxyl groups is 1. The van der Waals surface area contributed by atoms with Crippen LogP contribution in [0.15, 0.2) is 5.38 Å². The molecule has 1 aromatic rings. The lowest BCUT2D eigenvalue weighted by Crippen LogP contribution is -2.33. The molecular formula is C13H24N2OS. The zero-order valence-corrected chi connectivity index (χ0v) is 12.3. The van der Waals surface area contributed by atoms with Crippen LogP contribution in [0, 0.1) is 0 Å². The average Bonchev–Trinajstić information content (AvgIpc) is 2.62. The highest BCUT2D eigenvalue weighted by Gasteiger charge is 2.18. The van der Waals surface area contributed by atoms with Gasteiger partial charge in [0.05, 0.1) is 16.8 Å². The van der Waals surface area contributed by atoms with E-state index in [1.807, 2.05) is 0 Å². The standard InChI is InChI=1S/C13H24N2OS/c1-9(2)14-7-10(16)6-12-15-11(8-17-12)13(3,4)5/h8-10,14,16H,6-7H2,1-5H3. The van der Waals surface area contributed by atoms with Crippen molar-refractivity contribution in [2.75, 3.05) is 6.54 Å². The molecule has 1 rings (SSSR count). The van der Waals surface area contributed by atoms with Gasteiger partial charge in [-0.1, -0.05) is 34.6 Å². The van der Waals surface area contributed by atoms with Gasteiger partial charge in [-0.2, -0.15) is 0 Å². The first kappa shape index (κ1) is 14.6. The van der Waals surface area contributed by atoms with E-state index in [1.54, 1.807) is 11.3 Å². The van der Waals surface area contributed by atoms with Crippen LogP contribution in [0.5, 0.6) is 0 Å². The van der Waals surface area contributed by atoms with Gasteiger partial charge in [0.2, 0.25) is 0 Å². The summed E-state index contributed by atoms with van der Waals surface area (Å²) in [6, 6.07) is 0.408. The Morgan fingerprint density at radius 2 is 2.06 bits per heavy atom. The topological polar surface area (TPSA) is 45.1 Å². The Kier molecular flexibility index (Phi) is 5.10. The fourth-order valence-corrected chi connectivity index (χ4v) is 2.49. The van der Waals surface area contributed by atoms with Crippen LogP contribution in [0.3, 0.4) is 0 Å². The van der Waals surface area contributed by atoms with Crippen LogP contribution in [-0.2, 0) is 11.8 Å². The van der Waals surface area contributed by atoms with Crippen molar-refractivity contribution >= 4 is 11.3 Å². The Hall–Kier alpha value is -0.450. The fraction of sp³-hybridized carbons (Fsp3) is 0.769. The Morgan fingerprint density at radius 3 is 2.53 bits per heavy atom. The van der Waals surface area contributed by atoms with Crippen molar-refractivity contribution in [3.05, 3.63) is 16.1 Å². The van der Waals surface area contributed by atoms with Crippen molar-refractivity contribution < 1.29 is 5.11 Å². The van der Waals surface area contributed by atoms with Gasteiger partial charge in [-0.25, -0.2) is 4.98 Å². The van der Waals surface area contributed by atoms with Crippen molar-refractivity contribution in [3.63, 3.8) is 0 Å². The van der Waals surface area contributed by atoms with Gasteiger partial charge in [0.25, 0.3) is 0 Å². The Bertz CT molecular complexity index is 341. The monoisotopic (exact) mass is 256 g/mol. The molecule has 0 aromatic carbocycles. The number of nitrogens with one attached hydrogen (secondary N) is 1. The first-order valence-corrected chi connectivity index (χ1v) is 7.03. The fourth-order valence-electron chi connectivity index (χ4n) is 1.39. The van der Waals surface area contributed by atoms with Gasteiger partial charge in [0, 0.05) is 29.8 Å². The predicted octanol–water partition coefficient (Wildman–Crippen LogP) is 2.34. The van der Waals surface area contributed by atoms with E-state index in [9.17, 15) is 5.11 Å². The third-order valence-corrected chi connectivity index (χ3v) is 3.36. The molecule has 1 aromatic heterocycles. The molecule has 17 heavy (non-hydrogen) atoms. The van der Waals surface area contributed by atoms with Gasteiger partial charge in [0.15, 0.2) is 0 Å². The molecule has 1 atom stereocenters. The first-order chi connectivity index (χ1) is 7.79. The highest BCUT2D eigenvalue weighted by atomic mass is 32.1. The number of nitrogens with zero attached hydrogens (tertiary/aromatic N) is 1. The maximum atomic E-state index is 9.87. The summed E-state index contributed by atoms with van der Waals surface area (Å²) in [6.45, 7) is 11.2. The molecule has 0 amide bonds. The summed E-state index contributed by atoms with van der Waals surface area (Å²) in [5.74, 6) is 0. The third kappa shape index (κ3) is 5.15. The van der Waals surface area contributed by atoms with E-state index >= 15 is 0 Å². The van der Waals surface area contributed by atoms with Gasteiger partial charge >= 0.3 is 0 Å². The molecule has 0 fully saturated rings. The minimum Gasteiger partial charge on any atom is -0.391 e. The molecule has 1 unspecified atom stereocenters. The van der Waals surface area contributed by atoms with Gasteiger partial charge in [-0.3, -0.25) is 0 Å². The van der Waals surface area contributed by atoms with Gasteiger partial charge < -0.3 is 10.4 Å². The lowest BCUT2D eigenvalue weighted by molar-refractivity contribution is 0.168. The zero-order chi connectivity index (χ0) is 13.1. The highest BCUT2D eigenvalue weighted by Crippen LogP contribution is 2.24. The van der Waals surface area contributed by atoms with E-state index in [4.69, 9.17) is 0 Å². The molecule has 4 heteroatoms. The minimum atomic E-state index is -0.351. The van der Waals surface area contributed by atoms with Crippen LogP contribution in [0.2, 0.25) is 0 Å². The maximum absolute atomic E-state index is 9.87. The van der Waals surface area contributed by atoms with E-state index in [0.717, 1.165) is 10.7 Å². The van der Waals surface area contributed by atoms with Crippen LogP contribution in [0.4, 0.5) is 0 Å². The summed E-state index contributed by atoms with van der Waals surface area (Å²) in [5.41, 5.74) is 1.21. The Morgan fingerprint density at radius 1 is 1.41 bits per heavy atom. The minimum absolute atomic E-state index is 0.0931. The summed E-state index contributed by atoms with van der Waals surface area (Å²) in [7, 11) is 0. The second kappa shape index (κ2) is 5.94. The van der Waals surface area contributed by atoms with Crippen molar-refractivity contribution in [3.8, 4) is 0 Å². The SMILES string of the molecule is CC(C)NCC(O)Cc1nc(C(C)(C)C)cs1. The van der Waals surface area contributed by atoms with Crippen molar-refractivity contribution in [1.29, 1.82) is 0 Å². The lowest BCUT2D eigenvalue weighted by Gasteiger charge is -2.15. The molecule has 0 radical (unpaired) electrons. The largest absolute Gasteiger partial charge is 0.391 e. The lowest BCUT2D eigenvalue weighted by atomic mass is 9.93. The number of hydrogen-bond acceptors (Lipinski definition) is 4. The smallest absolute Gasteiger partial charge is 0.0954 e. The molecule has 0 aliphatic rings. The quantitative estimate of drug-likeness (QED) is 0.850. The Labute approximate surface area is 108 Å². The van der Waals surface area contributed by atoms with Crippen molar-refractivity contribution in [2.24, 2.45) is 0 Å². The average molecular weight is 256 g/mol. The number of thiazole rings is 1. The van der Waals surface area contributed by atoms with Crippen LogP contribution in [0.1, 0.15) is 45.3 Å². The van der Waals surface area contributed by atoms with Gasteiger partial charge in [-0.05, 0) is 0 Å². The summed E-state index contributed by atoms with van der Waals surface area (Å²) < 4.78 is 0. The van der Waals surface area contributed by atoms with Gasteiger partial charge in [-0.15, -0.1) is 11.3 Å².